The van der Waals surface area contributed by atoms with Gasteiger partial charge in [-0.15, -0.1) is 0 Å². The van der Waals surface area contributed by atoms with Crippen LogP contribution >= 0.6 is 0 Å². The van der Waals surface area contributed by atoms with Crippen molar-refractivity contribution in [3.63, 3.8) is 0 Å². The lowest BCUT2D eigenvalue weighted by atomic mass is 10.00. The fourth-order valence-electron chi connectivity index (χ4n) is 4.54. The number of hydrogen-bond acceptors (Lipinski definition) is 3. The van der Waals surface area contributed by atoms with E-state index >= 15 is 0 Å². The van der Waals surface area contributed by atoms with Gasteiger partial charge >= 0.3 is 0 Å². The van der Waals surface area contributed by atoms with E-state index in [1.165, 1.54) is 36.4 Å². The summed E-state index contributed by atoms with van der Waals surface area (Å²) in [6, 6.07) is 19.1. The highest BCUT2D eigenvalue weighted by Crippen LogP contribution is 2.32. The Balaban J connectivity index is 1.33. The van der Waals surface area contributed by atoms with Gasteiger partial charge in [0.25, 0.3) is 0 Å². The number of nitrogens with zero attached hydrogens (tertiary/aromatic N) is 2. The van der Waals surface area contributed by atoms with Crippen LogP contribution in [0, 0.1) is 17.5 Å². The quantitative estimate of drug-likeness (QED) is 0.438. The first-order valence-corrected chi connectivity index (χ1v) is 11.5. The Hall–Kier alpha value is -2.83. The average molecular weight is 455 g/mol. The lowest BCUT2D eigenvalue weighted by Gasteiger charge is -2.40. The zero-order valence-electron chi connectivity index (χ0n) is 18.5. The lowest BCUT2D eigenvalue weighted by Crippen LogP contribution is -2.43. The van der Waals surface area contributed by atoms with Gasteiger partial charge in [-0.25, -0.2) is 13.2 Å². The first-order chi connectivity index (χ1) is 16.0. The zero-order valence-corrected chi connectivity index (χ0v) is 18.5. The van der Waals surface area contributed by atoms with Gasteiger partial charge < -0.3 is 14.9 Å². The second-order valence-corrected chi connectivity index (χ2v) is 8.61. The molecule has 33 heavy (non-hydrogen) atoms. The molecule has 0 bridgehead atoms. The van der Waals surface area contributed by atoms with Gasteiger partial charge in [-0.05, 0) is 98.5 Å². The number of likely N-dealkylation sites (tertiary alicyclic amines) is 1. The largest absolute Gasteiger partial charge is 0.388 e. The van der Waals surface area contributed by atoms with Gasteiger partial charge in [0.2, 0.25) is 0 Å². The number of halogens is 3. The van der Waals surface area contributed by atoms with Crippen LogP contribution in [0.4, 0.5) is 24.5 Å². The number of aliphatic hydroxyl groups is 1. The first kappa shape index (κ1) is 23.3. The van der Waals surface area contributed by atoms with Crippen molar-refractivity contribution in [3.8, 4) is 0 Å². The van der Waals surface area contributed by atoms with E-state index in [1.807, 2.05) is 0 Å². The molecule has 4 rings (SSSR count). The number of anilines is 2. The second-order valence-electron chi connectivity index (χ2n) is 8.61. The normalized spacial score (nSPS) is 16.0. The maximum Gasteiger partial charge on any atom is 0.123 e. The maximum absolute atomic E-state index is 13.5. The summed E-state index contributed by atoms with van der Waals surface area (Å²) in [5.74, 6) is -0.866. The Kier molecular flexibility index (Phi) is 7.68. The van der Waals surface area contributed by atoms with Gasteiger partial charge in [0.05, 0.1) is 6.10 Å². The summed E-state index contributed by atoms with van der Waals surface area (Å²) in [5, 5.41) is 10.3. The van der Waals surface area contributed by atoms with Crippen LogP contribution in [0.5, 0.6) is 0 Å². The maximum atomic E-state index is 13.5. The number of hydrogen-bond donors (Lipinski definition) is 1. The van der Waals surface area contributed by atoms with Crippen LogP contribution in [0.25, 0.3) is 0 Å². The minimum atomic E-state index is -0.587. The molecular weight excluding hydrogens is 425 g/mol. The summed E-state index contributed by atoms with van der Waals surface area (Å²) in [6.07, 6.45) is 2.74. The molecule has 174 valence electrons. The SMILES string of the molecule is OC(CCCN1CCC(N(c2ccc(F)cc2)c2ccc(F)cc2)CC1)c1ccc(F)cc1. The molecule has 0 saturated carbocycles. The highest BCUT2D eigenvalue weighted by Gasteiger charge is 2.26. The number of aliphatic hydroxyl groups excluding tert-OH is 1. The van der Waals surface area contributed by atoms with Crippen LogP contribution in [-0.4, -0.2) is 35.7 Å². The molecule has 0 aromatic heterocycles. The number of benzene rings is 3. The van der Waals surface area contributed by atoms with Gasteiger partial charge in [0.15, 0.2) is 0 Å². The molecule has 3 aromatic rings. The smallest absolute Gasteiger partial charge is 0.123 e. The van der Waals surface area contributed by atoms with E-state index in [1.54, 1.807) is 36.4 Å². The van der Waals surface area contributed by atoms with Crippen LogP contribution in [0.15, 0.2) is 72.8 Å². The van der Waals surface area contributed by atoms with Gasteiger partial charge in [0, 0.05) is 30.5 Å². The Morgan fingerprint density at radius 2 is 1.21 bits per heavy atom. The highest BCUT2D eigenvalue weighted by atomic mass is 19.1. The van der Waals surface area contributed by atoms with Crippen LogP contribution in [0.1, 0.15) is 37.4 Å². The first-order valence-electron chi connectivity index (χ1n) is 11.5. The Labute approximate surface area is 193 Å². The van der Waals surface area contributed by atoms with Crippen molar-refractivity contribution in [2.24, 2.45) is 0 Å². The summed E-state index contributed by atoms with van der Waals surface area (Å²) < 4.78 is 40.0. The second kappa shape index (κ2) is 10.9. The van der Waals surface area contributed by atoms with E-state index in [-0.39, 0.29) is 23.5 Å². The summed E-state index contributed by atoms with van der Waals surface area (Å²) >= 11 is 0. The van der Waals surface area contributed by atoms with Crippen molar-refractivity contribution < 1.29 is 18.3 Å². The minimum Gasteiger partial charge on any atom is -0.388 e. The van der Waals surface area contributed by atoms with E-state index in [0.29, 0.717) is 6.42 Å². The molecule has 1 fully saturated rings. The average Bonchev–Trinajstić information content (AvgIpc) is 2.83. The van der Waals surface area contributed by atoms with E-state index in [0.717, 1.165) is 55.8 Å². The molecule has 1 aliphatic heterocycles. The van der Waals surface area contributed by atoms with Gasteiger partial charge in [-0.3, -0.25) is 0 Å². The van der Waals surface area contributed by atoms with E-state index in [9.17, 15) is 18.3 Å². The predicted molar refractivity (Wildman–Crippen MR) is 125 cm³/mol. The lowest BCUT2D eigenvalue weighted by molar-refractivity contribution is 0.148. The monoisotopic (exact) mass is 454 g/mol. The Morgan fingerprint density at radius 1 is 0.758 bits per heavy atom. The topological polar surface area (TPSA) is 26.7 Å². The molecule has 1 atom stereocenters. The van der Waals surface area contributed by atoms with Crippen LogP contribution < -0.4 is 4.90 Å². The molecule has 0 radical (unpaired) electrons. The summed E-state index contributed by atoms with van der Waals surface area (Å²) in [5.41, 5.74) is 2.53. The molecule has 1 saturated heterocycles. The van der Waals surface area contributed by atoms with Crippen LogP contribution in [0.3, 0.4) is 0 Å². The molecule has 6 heteroatoms. The highest BCUT2D eigenvalue weighted by molar-refractivity contribution is 5.64. The summed E-state index contributed by atoms with van der Waals surface area (Å²) in [6.45, 7) is 2.71. The molecule has 1 heterocycles. The molecule has 3 nitrogen and oxygen atoms in total. The molecule has 1 unspecified atom stereocenters. The van der Waals surface area contributed by atoms with Gasteiger partial charge in [-0.2, -0.15) is 0 Å². The third kappa shape index (κ3) is 6.15. The summed E-state index contributed by atoms with van der Waals surface area (Å²) in [4.78, 5) is 4.57. The Morgan fingerprint density at radius 3 is 1.70 bits per heavy atom. The minimum absolute atomic E-state index is 0.224. The fraction of sp³-hybridized carbons (Fsp3) is 0.333. The third-order valence-electron chi connectivity index (χ3n) is 6.34. The van der Waals surface area contributed by atoms with Crippen LogP contribution in [0.2, 0.25) is 0 Å². The third-order valence-corrected chi connectivity index (χ3v) is 6.34. The number of rotatable bonds is 8. The summed E-state index contributed by atoms with van der Waals surface area (Å²) in [7, 11) is 0. The molecule has 1 N–H and O–H groups in total. The van der Waals surface area contributed by atoms with Crippen molar-refractivity contribution in [1.82, 2.24) is 4.90 Å². The Bertz CT molecular complexity index is 956. The van der Waals surface area contributed by atoms with Gasteiger partial charge in [-0.1, -0.05) is 12.1 Å². The van der Waals surface area contributed by atoms with Crippen molar-refractivity contribution in [3.05, 3.63) is 95.8 Å². The standard InChI is InChI=1S/C27H29F3N2O/c28-21-5-3-20(4-6-21)27(33)2-1-17-31-18-15-26(16-19-31)32(24-11-7-22(29)8-12-24)25-13-9-23(30)10-14-25/h3-14,26-27,33H,1-2,15-19H2. The van der Waals surface area contributed by atoms with Gasteiger partial charge in [0.1, 0.15) is 17.5 Å². The molecule has 0 aliphatic carbocycles. The van der Waals surface area contributed by atoms with E-state index < -0.39 is 6.10 Å². The van der Waals surface area contributed by atoms with E-state index in [4.69, 9.17) is 0 Å². The van der Waals surface area contributed by atoms with Crippen molar-refractivity contribution >= 4 is 11.4 Å². The molecule has 0 amide bonds. The molecular formula is C27H29F3N2O. The molecule has 3 aromatic carbocycles. The molecule has 0 spiro atoms. The van der Waals surface area contributed by atoms with Crippen molar-refractivity contribution in [2.75, 3.05) is 24.5 Å². The van der Waals surface area contributed by atoms with E-state index in [2.05, 4.69) is 9.80 Å². The number of piperidine rings is 1. The predicted octanol–water partition coefficient (Wildman–Crippen LogP) is 6.22. The zero-order chi connectivity index (χ0) is 23.2. The van der Waals surface area contributed by atoms with Crippen molar-refractivity contribution in [1.29, 1.82) is 0 Å². The van der Waals surface area contributed by atoms with Crippen LogP contribution in [-0.2, 0) is 0 Å². The fourth-order valence-corrected chi connectivity index (χ4v) is 4.54. The van der Waals surface area contributed by atoms with Crippen molar-refractivity contribution in [2.45, 2.75) is 37.8 Å². The molecule has 1 aliphatic rings.